The van der Waals surface area contributed by atoms with Gasteiger partial charge in [0.1, 0.15) is 6.07 Å². The molecule has 2 nitrogen and oxygen atoms in total. The van der Waals surface area contributed by atoms with Crippen LogP contribution >= 0.6 is 0 Å². The molecule has 0 aliphatic heterocycles. The fraction of sp³-hybridized carbons (Fsp3) is 0.800. The van der Waals surface area contributed by atoms with Crippen LogP contribution < -0.4 is 0 Å². The van der Waals surface area contributed by atoms with Gasteiger partial charge in [0.2, 0.25) is 0 Å². The van der Waals surface area contributed by atoms with E-state index in [4.69, 9.17) is 5.26 Å². The lowest BCUT2D eigenvalue weighted by Crippen LogP contribution is -2.32. The number of rotatable bonds is 0. The first kappa shape index (κ1) is 4.61. The second-order valence-electron chi connectivity index (χ2n) is 1.96. The monoisotopic (exact) mass is 96.0 g/mol. The molecule has 0 unspecified atom stereocenters. The molecule has 0 saturated heterocycles. The van der Waals surface area contributed by atoms with Crippen molar-refractivity contribution in [1.29, 1.82) is 5.26 Å². The predicted octanol–water partition coefficient (Wildman–Crippen LogP) is 0.863. The van der Waals surface area contributed by atoms with Gasteiger partial charge in [0.25, 0.3) is 0 Å². The van der Waals surface area contributed by atoms with Crippen molar-refractivity contribution in [2.45, 2.75) is 24.9 Å². The van der Waals surface area contributed by atoms with Crippen LogP contribution in [0.3, 0.4) is 0 Å². The molecule has 0 spiro atoms. The van der Waals surface area contributed by atoms with Crippen molar-refractivity contribution in [2.24, 2.45) is 0 Å². The molecule has 1 fully saturated rings. The minimum absolute atomic E-state index is 0.559. The van der Waals surface area contributed by atoms with Crippen LogP contribution in [-0.2, 0) is 5.11 Å². The Morgan fingerprint density at radius 3 is 2.14 bits per heavy atom. The van der Waals surface area contributed by atoms with E-state index in [1.165, 1.54) is 0 Å². The molecule has 0 aromatic carbocycles. The molecule has 0 bridgehead atoms. The Kier molecular flexibility index (Phi) is 0.795. The average Bonchev–Trinajstić information content (AvgIpc) is 1.61. The maximum Gasteiger partial charge on any atom is 0.189 e. The van der Waals surface area contributed by atoms with E-state index in [0.29, 0.717) is 12.8 Å². The Morgan fingerprint density at radius 1 is 1.57 bits per heavy atom. The standard InChI is InChI=1S/C5H6NO/c6-4-5(7)2-1-3-5/h1-3H2. The van der Waals surface area contributed by atoms with Gasteiger partial charge in [0.05, 0.1) is 0 Å². The third-order valence-electron chi connectivity index (χ3n) is 1.36. The van der Waals surface area contributed by atoms with Gasteiger partial charge in [-0.2, -0.15) is 5.26 Å². The third-order valence-corrected chi connectivity index (χ3v) is 1.36. The molecule has 1 aliphatic carbocycles. The second kappa shape index (κ2) is 1.21. The van der Waals surface area contributed by atoms with E-state index < -0.39 is 5.60 Å². The molecule has 1 rings (SSSR count). The van der Waals surface area contributed by atoms with Gasteiger partial charge in [-0.05, 0) is 19.3 Å². The molecule has 1 radical (unpaired) electrons. The fourth-order valence-corrected chi connectivity index (χ4v) is 0.610. The summed E-state index contributed by atoms with van der Waals surface area (Å²) in [7, 11) is 0. The topological polar surface area (TPSA) is 43.7 Å². The van der Waals surface area contributed by atoms with Crippen molar-refractivity contribution < 1.29 is 5.11 Å². The second-order valence-corrected chi connectivity index (χ2v) is 1.96. The van der Waals surface area contributed by atoms with Crippen LogP contribution in [0, 0.1) is 11.3 Å². The van der Waals surface area contributed by atoms with Gasteiger partial charge in [-0.1, -0.05) is 0 Å². The minimum atomic E-state index is -1.18. The summed E-state index contributed by atoms with van der Waals surface area (Å²) >= 11 is 0. The van der Waals surface area contributed by atoms with Gasteiger partial charge >= 0.3 is 0 Å². The predicted molar refractivity (Wildman–Crippen MR) is 22.9 cm³/mol. The summed E-state index contributed by atoms with van der Waals surface area (Å²) < 4.78 is 0. The van der Waals surface area contributed by atoms with E-state index in [9.17, 15) is 5.11 Å². The number of hydrogen-bond donors (Lipinski definition) is 0. The SMILES string of the molecule is N#CC1([O])CCC1. The van der Waals surface area contributed by atoms with E-state index >= 15 is 0 Å². The van der Waals surface area contributed by atoms with Gasteiger partial charge in [0, 0.05) is 0 Å². The molecule has 0 heterocycles. The van der Waals surface area contributed by atoms with Crippen molar-refractivity contribution in [1.82, 2.24) is 0 Å². The molecule has 2 heteroatoms. The molecule has 7 heavy (non-hydrogen) atoms. The largest absolute Gasteiger partial charge is 0.213 e. The zero-order chi connectivity index (χ0) is 5.33. The lowest BCUT2D eigenvalue weighted by molar-refractivity contribution is -0.0419. The van der Waals surface area contributed by atoms with Crippen LogP contribution in [0.25, 0.3) is 0 Å². The normalized spacial score (nSPS) is 25.1. The number of nitriles is 1. The quantitative estimate of drug-likeness (QED) is 0.441. The highest BCUT2D eigenvalue weighted by atomic mass is 16.3. The number of hydrogen-bond acceptors (Lipinski definition) is 1. The lowest BCUT2D eigenvalue weighted by atomic mass is 9.82. The van der Waals surface area contributed by atoms with Gasteiger partial charge in [-0.3, -0.25) is 0 Å². The molecule has 37 valence electrons. The molecule has 0 atom stereocenters. The van der Waals surface area contributed by atoms with Gasteiger partial charge in [-0.25, -0.2) is 5.11 Å². The molecular weight excluding hydrogens is 90.1 g/mol. The molecule has 0 N–H and O–H groups in total. The van der Waals surface area contributed by atoms with Crippen LogP contribution in [-0.4, -0.2) is 5.60 Å². The minimum Gasteiger partial charge on any atom is -0.213 e. The molecule has 1 aliphatic rings. The average molecular weight is 96.1 g/mol. The first-order valence-electron chi connectivity index (χ1n) is 2.38. The maximum atomic E-state index is 10.6. The molecule has 0 aromatic heterocycles. The highest BCUT2D eigenvalue weighted by Crippen LogP contribution is 2.30. The van der Waals surface area contributed by atoms with E-state index in [-0.39, 0.29) is 0 Å². The van der Waals surface area contributed by atoms with Crippen molar-refractivity contribution in [3.05, 3.63) is 0 Å². The van der Waals surface area contributed by atoms with Crippen molar-refractivity contribution in [3.63, 3.8) is 0 Å². The molecule has 0 amide bonds. The molecule has 1 saturated carbocycles. The third kappa shape index (κ3) is 0.594. The summed E-state index contributed by atoms with van der Waals surface area (Å²) in [5.74, 6) is 0. The van der Waals surface area contributed by atoms with Crippen molar-refractivity contribution >= 4 is 0 Å². The Bertz CT molecular complexity index is 110. The highest BCUT2D eigenvalue weighted by Gasteiger charge is 2.36. The van der Waals surface area contributed by atoms with E-state index in [1.807, 2.05) is 0 Å². The summed E-state index contributed by atoms with van der Waals surface area (Å²) in [5, 5.41) is 18.6. The summed E-state index contributed by atoms with van der Waals surface area (Å²) in [6.45, 7) is 0. The zero-order valence-electron chi connectivity index (χ0n) is 3.98. The zero-order valence-corrected chi connectivity index (χ0v) is 3.98. The number of nitrogens with zero attached hydrogens (tertiary/aromatic N) is 1. The van der Waals surface area contributed by atoms with E-state index in [2.05, 4.69) is 0 Å². The lowest BCUT2D eigenvalue weighted by Gasteiger charge is -2.25. The van der Waals surface area contributed by atoms with Crippen molar-refractivity contribution in [2.75, 3.05) is 0 Å². The first-order valence-corrected chi connectivity index (χ1v) is 2.38. The van der Waals surface area contributed by atoms with Crippen LogP contribution in [0.1, 0.15) is 19.3 Å². The highest BCUT2D eigenvalue weighted by molar-refractivity contribution is 5.05. The Balaban J connectivity index is 2.48. The van der Waals surface area contributed by atoms with Crippen LogP contribution in [0.4, 0.5) is 0 Å². The van der Waals surface area contributed by atoms with Crippen LogP contribution in [0.15, 0.2) is 0 Å². The smallest absolute Gasteiger partial charge is 0.189 e. The van der Waals surface area contributed by atoms with E-state index in [0.717, 1.165) is 6.42 Å². The summed E-state index contributed by atoms with van der Waals surface area (Å²) in [4.78, 5) is 0. The van der Waals surface area contributed by atoms with Crippen molar-refractivity contribution in [3.8, 4) is 6.07 Å². The molecule has 0 aromatic rings. The van der Waals surface area contributed by atoms with Gasteiger partial charge in [-0.15, -0.1) is 0 Å². The summed E-state index contributed by atoms with van der Waals surface area (Å²) in [5.41, 5.74) is -1.18. The summed E-state index contributed by atoms with van der Waals surface area (Å²) in [6, 6.07) is 1.72. The Morgan fingerprint density at radius 2 is 2.14 bits per heavy atom. The fourth-order valence-electron chi connectivity index (χ4n) is 0.610. The van der Waals surface area contributed by atoms with Crippen LogP contribution in [0.2, 0.25) is 0 Å². The van der Waals surface area contributed by atoms with Gasteiger partial charge in [0.15, 0.2) is 5.60 Å². The maximum absolute atomic E-state index is 10.6. The Hall–Kier alpha value is -0.550. The summed E-state index contributed by atoms with van der Waals surface area (Å²) in [6.07, 6.45) is 2.06. The van der Waals surface area contributed by atoms with Crippen LogP contribution in [0.5, 0.6) is 0 Å². The first-order chi connectivity index (χ1) is 3.27. The molecular formula is C5H6NO. The van der Waals surface area contributed by atoms with Gasteiger partial charge < -0.3 is 0 Å². The Labute approximate surface area is 42.4 Å². The van der Waals surface area contributed by atoms with E-state index in [1.54, 1.807) is 6.07 Å².